The molecule has 0 radical (unpaired) electrons. The Balaban J connectivity index is 2.42. The number of nitriles is 1. The van der Waals surface area contributed by atoms with Crippen LogP contribution in [0.25, 0.3) is 22.6 Å². The first kappa shape index (κ1) is 8.68. The molecule has 3 rings (SSSR count). The van der Waals surface area contributed by atoms with Crippen LogP contribution in [0.4, 0.5) is 0 Å². The van der Waals surface area contributed by atoms with Gasteiger partial charge in [-0.3, -0.25) is 4.98 Å². The first-order valence-electron chi connectivity index (χ1n) is 4.63. The summed E-state index contributed by atoms with van der Waals surface area (Å²) in [5.74, 6) is 0.472. The van der Waals surface area contributed by atoms with Crippen LogP contribution in [0.2, 0.25) is 0 Å². The van der Waals surface area contributed by atoms with Crippen LogP contribution in [0.5, 0.6) is 0 Å². The Morgan fingerprint density at radius 2 is 1.88 bits per heavy atom. The highest BCUT2D eigenvalue weighted by Gasteiger charge is 2.12. The molecule has 0 saturated carbocycles. The van der Waals surface area contributed by atoms with E-state index in [9.17, 15) is 0 Å². The molecule has 3 aliphatic rings. The van der Waals surface area contributed by atoms with Crippen molar-refractivity contribution in [1.29, 1.82) is 5.26 Å². The summed E-state index contributed by atoms with van der Waals surface area (Å²) in [4.78, 5) is 16.2. The van der Waals surface area contributed by atoms with Crippen LogP contribution in [0.3, 0.4) is 0 Å². The van der Waals surface area contributed by atoms with Crippen molar-refractivity contribution in [2.75, 3.05) is 0 Å². The van der Waals surface area contributed by atoms with E-state index in [1.807, 2.05) is 0 Å². The molecule has 3 heterocycles. The van der Waals surface area contributed by atoms with Crippen LogP contribution in [-0.2, 0) is 0 Å². The third-order valence-electron chi connectivity index (χ3n) is 2.34. The summed E-state index contributed by atoms with van der Waals surface area (Å²) in [5, 5.41) is 9.08. The normalized spacial score (nSPS) is 10.4. The van der Waals surface area contributed by atoms with E-state index in [4.69, 9.17) is 5.26 Å². The molecule has 16 heavy (non-hydrogen) atoms. The molecular weight excluding hydrogens is 202 g/mol. The van der Waals surface area contributed by atoms with E-state index >= 15 is 0 Å². The fraction of sp³-hybridized carbons (Fsp3) is 0. The Morgan fingerprint density at radius 1 is 1.00 bits per heavy atom. The molecule has 0 fully saturated rings. The Hall–Kier alpha value is -2.61. The van der Waals surface area contributed by atoms with E-state index in [0.717, 1.165) is 11.1 Å². The van der Waals surface area contributed by atoms with Crippen molar-refractivity contribution in [3.63, 3.8) is 0 Å². The molecule has 0 aromatic heterocycles. The van der Waals surface area contributed by atoms with Crippen LogP contribution in [0.15, 0.2) is 31.0 Å². The van der Waals surface area contributed by atoms with Crippen molar-refractivity contribution in [3.05, 3.63) is 36.5 Å². The lowest BCUT2D eigenvalue weighted by atomic mass is 10.1. The second kappa shape index (κ2) is 3.21. The van der Waals surface area contributed by atoms with E-state index in [-0.39, 0.29) is 0 Å². The Kier molecular flexibility index (Phi) is 1.74. The smallest absolute Gasteiger partial charge is 0.181 e. The number of fused-ring (bicyclic) bond motifs is 2. The fourth-order valence-corrected chi connectivity index (χ4v) is 1.56. The van der Waals surface area contributed by atoms with Gasteiger partial charge in [0.2, 0.25) is 0 Å². The zero-order valence-corrected chi connectivity index (χ0v) is 8.12. The molecule has 5 nitrogen and oxygen atoms in total. The monoisotopic (exact) mass is 207 g/mol. The molecule has 0 aromatic rings. The summed E-state index contributed by atoms with van der Waals surface area (Å²) < 4.78 is 0. The minimum absolute atomic E-state index is 0.457. The Bertz CT molecular complexity index is 643. The van der Waals surface area contributed by atoms with Crippen molar-refractivity contribution >= 4 is 0 Å². The first-order chi connectivity index (χ1) is 7.88. The van der Waals surface area contributed by atoms with E-state index in [2.05, 4.69) is 26.0 Å². The highest BCUT2D eigenvalue weighted by molar-refractivity contribution is 5.69. The number of rotatable bonds is 0. The van der Waals surface area contributed by atoms with Gasteiger partial charge in [-0.05, 0) is 6.07 Å². The van der Waals surface area contributed by atoms with Crippen LogP contribution in [0.1, 0.15) is 5.56 Å². The summed E-state index contributed by atoms with van der Waals surface area (Å²) in [6, 6.07) is 3.85. The lowest BCUT2D eigenvalue weighted by Gasteiger charge is -1.97. The van der Waals surface area contributed by atoms with E-state index in [1.54, 1.807) is 24.7 Å². The van der Waals surface area contributed by atoms with Crippen molar-refractivity contribution in [3.8, 4) is 28.7 Å². The van der Waals surface area contributed by atoms with Crippen LogP contribution < -0.4 is 0 Å². The summed E-state index contributed by atoms with van der Waals surface area (Å²) >= 11 is 0. The van der Waals surface area contributed by atoms with Crippen molar-refractivity contribution in [1.82, 2.24) is 19.9 Å². The summed E-state index contributed by atoms with van der Waals surface area (Å²) in [5.41, 5.74) is 2.72. The molecule has 0 N–H and O–H groups in total. The van der Waals surface area contributed by atoms with Gasteiger partial charge < -0.3 is 0 Å². The van der Waals surface area contributed by atoms with Crippen LogP contribution in [0, 0.1) is 11.3 Å². The van der Waals surface area contributed by atoms with E-state index in [0.29, 0.717) is 17.1 Å². The van der Waals surface area contributed by atoms with Crippen molar-refractivity contribution in [2.45, 2.75) is 0 Å². The maximum Gasteiger partial charge on any atom is 0.181 e. The highest BCUT2D eigenvalue weighted by atomic mass is 15.0. The summed E-state index contributed by atoms with van der Waals surface area (Å²) in [6.45, 7) is 0. The molecule has 0 atom stereocenters. The van der Waals surface area contributed by atoms with Gasteiger partial charge in [0.1, 0.15) is 18.1 Å². The molecule has 0 unspecified atom stereocenters. The zero-order chi connectivity index (χ0) is 11.0. The topological polar surface area (TPSA) is 75.3 Å². The van der Waals surface area contributed by atoms with Crippen LogP contribution in [-0.4, -0.2) is 19.9 Å². The van der Waals surface area contributed by atoms with Gasteiger partial charge in [-0.15, -0.1) is 0 Å². The maximum absolute atomic E-state index is 9.08. The first-order valence-corrected chi connectivity index (χ1v) is 4.63. The molecule has 5 heteroatoms. The quantitative estimate of drug-likeness (QED) is 0.556. The number of imidazole rings is 1. The van der Waals surface area contributed by atoms with E-state index in [1.165, 1.54) is 6.33 Å². The Morgan fingerprint density at radius 3 is 2.75 bits per heavy atom. The third-order valence-corrected chi connectivity index (χ3v) is 2.34. The van der Waals surface area contributed by atoms with E-state index < -0.39 is 0 Å². The minimum atomic E-state index is 0.457. The average Bonchev–Trinajstić information content (AvgIpc) is 2.88. The maximum atomic E-state index is 9.08. The predicted octanol–water partition coefficient (Wildman–Crippen LogP) is 1.35. The van der Waals surface area contributed by atoms with Gasteiger partial charge in [-0.2, -0.15) is 5.26 Å². The number of hydrogen-bond acceptors (Lipinski definition) is 5. The lowest BCUT2D eigenvalue weighted by molar-refractivity contribution is 1.24. The van der Waals surface area contributed by atoms with Gasteiger partial charge in [0.15, 0.2) is 5.82 Å². The summed E-state index contributed by atoms with van der Waals surface area (Å²) in [7, 11) is 0. The third kappa shape index (κ3) is 1.17. The summed E-state index contributed by atoms with van der Waals surface area (Å²) in [6.07, 6.45) is 6.48. The second-order valence-electron chi connectivity index (χ2n) is 3.29. The zero-order valence-electron chi connectivity index (χ0n) is 8.12. The van der Waals surface area contributed by atoms with Gasteiger partial charge in [0.05, 0.1) is 5.56 Å². The molecular formula is C11H5N5. The molecule has 0 bridgehead atoms. The molecule has 74 valence electrons. The molecule has 0 aliphatic carbocycles. The van der Waals surface area contributed by atoms with Gasteiger partial charge in [-0.1, -0.05) is 0 Å². The number of aromatic nitrogens is 4. The average molecular weight is 207 g/mol. The number of nitrogens with zero attached hydrogens (tertiary/aromatic N) is 5. The number of hydrogen-bond donors (Lipinski definition) is 0. The second-order valence-corrected chi connectivity index (χ2v) is 3.29. The van der Waals surface area contributed by atoms with Crippen LogP contribution >= 0.6 is 0 Å². The molecule has 0 amide bonds. The van der Waals surface area contributed by atoms with Gasteiger partial charge >= 0.3 is 0 Å². The SMILES string of the molecule is N#Cc1cc2cncc-2cnc2ncnc1-2. The Labute approximate surface area is 91.1 Å². The molecule has 3 aliphatic heterocycles. The molecule has 0 spiro atoms. The van der Waals surface area contributed by atoms with Gasteiger partial charge in [0.25, 0.3) is 0 Å². The largest absolute Gasteiger partial charge is 0.263 e. The van der Waals surface area contributed by atoms with Crippen molar-refractivity contribution < 1.29 is 0 Å². The minimum Gasteiger partial charge on any atom is -0.263 e. The molecule has 0 aromatic carbocycles. The predicted molar refractivity (Wildman–Crippen MR) is 55.6 cm³/mol. The van der Waals surface area contributed by atoms with Gasteiger partial charge in [-0.25, -0.2) is 15.0 Å². The lowest BCUT2D eigenvalue weighted by Crippen LogP contribution is -1.87. The van der Waals surface area contributed by atoms with Gasteiger partial charge in [0, 0.05) is 29.7 Å². The van der Waals surface area contributed by atoms with Crippen molar-refractivity contribution in [2.24, 2.45) is 0 Å². The molecule has 0 saturated heterocycles. The fourth-order valence-electron chi connectivity index (χ4n) is 1.56. The highest BCUT2D eigenvalue weighted by Crippen LogP contribution is 2.24. The standard InChI is InChI=1S/C11H5N5/c12-2-7-1-8-3-13-4-9(8)5-14-11-10(7)15-6-16-11/h1,3-6H.